The molecule has 1 aromatic rings. The minimum Gasteiger partial charge on any atom is -0.346 e. The normalized spacial score (nSPS) is 20.0. The van der Waals surface area contributed by atoms with Gasteiger partial charge in [-0.05, 0) is 5.92 Å². The molecule has 0 N–H and O–H groups in total. The van der Waals surface area contributed by atoms with E-state index in [9.17, 15) is 0 Å². The van der Waals surface area contributed by atoms with Crippen molar-refractivity contribution in [3.63, 3.8) is 0 Å². The highest BCUT2D eigenvalue weighted by atomic mass is 35.5. The van der Waals surface area contributed by atoms with E-state index < -0.39 is 0 Å². The van der Waals surface area contributed by atoms with Gasteiger partial charge in [-0.1, -0.05) is 6.92 Å². The van der Waals surface area contributed by atoms with Gasteiger partial charge >= 0.3 is 0 Å². The maximum Gasteiger partial charge on any atom is 0.185 e. The van der Waals surface area contributed by atoms with E-state index in [1.807, 2.05) is 11.6 Å². The largest absolute Gasteiger partial charge is 0.346 e. The van der Waals surface area contributed by atoms with E-state index in [0.29, 0.717) is 5.92 Å². The molecule has 2 heterocycles. The van der Waals surface area contributed by atoms with Crippen molar-refractivity contribution in [1.82, 2.24) is 9.88 Å². The van der Waals surface area contributed by atoms with E-state index in [0.717, 1.165) is 43.7 Å². The van der Waals surface area contributed by atoms with E-state index in [1.54, 1.807) is 11.3 Å². The lowest BCUT2D eigenvalue weighted by molar-refractivity contribution is 0.232. The molecule has 1 unspecified atom stereocenters. The second-order valence-corrected chi connectivity index (χ2v) is 5.54. The maximum absolute atomic E-state index is 5.84. The van der Waals surface area contributed by atoms with Crippen LogP contribution in [0.3, 0.4) is 0 Å². The summed E-state index contributed by atoms with van der Waals surface area (Å²) in [5.74, 6) is 1.35. The number of alkyl halides is 1. The van der Waals surface area contributed by atoms with Crippen molar-refractivity contribution in [3.8, 4) is 0 Å². The summed E-state index contributed by atoms with van der Waals surface area (Å²) in [7, 11) is 0. The standard InChI is InChI=1S/C11H18ClN3S/c1-10(8-12)9-14-3-5-15(6-4-14)11-13-2-7-16-11/h2,7,10H,3-6,8-9H2,1H3. The number of nitrogens with zero attached hydrogens (tertiary/aromatic N) is 3. The average Bonchev–Trinajstić information content (AvgIpc) is 2.83. The van der Waals surface area contributed by atoms with Crippen LogP contribution in [-0.2, 0) is 0 Å². The molecule has 2 rings (SSSR count). The quantitative estimate of drug-likeness (QED) is 0.773. The molecule has 0 radical (unpaired) electrons. The molecule has 1 fully saturated rings. The minimum atomic E-state index is 0.591. The Labute approximate surface area is 106 Å². The zero-order valence-corrected chi connectivity index (χ0v) is 11.2. The third-order valence-electron chi connectivity index (χ3n) is 2.90. The number of hydrogen-bond donors (Lipinski definition) is 0. The average molecular weight is 260 g/mol. The van der Waals surface area contributed by atoms with Gasteiger partial charge < -0.3 is 4.90 Å². The second kappa shape index (κ2) is 5.84. The molecule has 1 atom stereocenters. The number of aromatic nitrogens is 1. The minimum absolute atomic E-state index is 0.591. The summed E-state index contributed by atoms with van der Waals surface area (Å²) in [5.41, 5.74) is 0. The Morgan fingerprint density at radius 2 is 2.19 bits per heavy atom. The van der Waals surface area contributed by atoms with E-state index in [1.165, 1.54) is 0 Å². The van der Waals surface area contributed by atoms with Gasteiger partial charge in [-0.15, -0.1) is 22.9 Å². The Morgan fingerprint density at radius 3 is 2.75 bits per heavy atom. The molecule has 1 aromatic heterocycles. The lowest BCUT2D eigenvalue weighted by Gasteiger charge is -2.35. The predicted molar refractivity (Wildman–Crippen MR) is 70.7 cm³/mol. The molecular weight excluding hydrogens is 242 g/mol. The van der Waals surface area contributed by atoms with Gasteiger partial charge in [0.1, 0.15) is 0 Å². The number of thiazole rings is 1. The maximum atomic E-state index is 5.84. The molecule has 0 aromatic carbocycles. The molecule has 0 amide bonds. The lowest BCUT2D eigenvalue weighted by atomic mass is 10.2. The van der Waals surface area contributed by atoms with Gasteiger partial charge in [0.15, 0.2) is 5.13 Å². The van der Waals surface area contributed by atoms with Crippen LogP contribution in [0.1, 0.15) is 6.92 Å². The van der Waals surface area contributed by atoms with Crippen LogP contribution in [0.4, 0.5) is 5.13 Å². The summed E-state index contributed by atoms with van der Waals surface area (Å²) < 4.78 is 0. The number of rotatable bonds is 4. The van der Waals surface area contributed by atoms with E-state index in [-0.39, 0.29) is 0 Å². The first-order valence-electron chi connectivity index (χ1n) is 5.72. The third kappa shape index (κ3) is 3.09. The fourth-order valence-corrected chi connectivity index (χ4v) is 2.78. The number of halogens is 1. The van der Waals surface area contributed by atoms with Crippen LogP contribution in [0.15, 0.2) is 11.6 Å². The summed E-state index contributed by atoms with van der Waals surface area (Å²) in [6, 6.07) is 0. The summed E-state index contributed by atoms with van der Waals surface area (Å²) in [5, 5.41) is 3.20. The molecule has 1 saturated heterocycles. The molecule has 0 aliphatic carbocycles. The fourth-order valence-electron chi connectivity index (χ4n) is 1.98. The Kier molecular flexibility index (Phi) is 4.44. The Bertz CT molecular complexity index is 296. The zero-order chi connectivity index (χ0) is 11.4. The molecule has 0 saturated carbocycles. The van der Waals surface area contributed by atoms with Crippen molar-refractivity contribution in [2.75, 3.05) is 43.5 Å². The fraction of sp³-hybridized carbons (Fsp3) is 0.727. The highest BCUT2D eigenvalue weighted by molar-refractivity contribution is 7.13. The first-order valence-corrected chi connectivity index (χ1v) is 7.13. The van der Waals surface area contributed by atoms with Crippen molar-refractivity contribution in [2.24, 2.45) is 5.92 Å². The summed E-state index contributed by atoms with van der Waals surface area (Å²) in [6.07, 6.45) is 1.88. The monoisotopic (exact) mass is 259 g/mol. The van der Waals surface area contributed by atoms with Gasteiger partial charge in [0.2, 0.25) is 0 Å². The van der Waals surface area contributed by atoms with Crippen molar-refractivity contribution in [1.29, 1.82) is 0 Å². The first kappa shape index (κ1) is 12.1. The van der Waals surface area contributed by atoms with Crippen LogP contribution in [0, 0.1) is 5.92 Å². The van der Waals surface area contributed by atoms with Crippen LogP contribution < -0.4 is 4.90 Å². The Hall–Kier alpha value is -0.320. The van der Waals surface area contributed by atoms with Gasteiger partial charge in [-0.3, -0.25) is 4.90 Å². The van der Waals surface area contributed by atoms with E-state index in [2.05, 4.69) is 21.7 Å². The molecule has 0 spiro atoms. The summed E-state index contributed by atoms with van der Waals surface area (Å²) >= 11 is 7.56. The van der Waals surface area contributed by atoms with Crippen LogP contribution in [0.2, 0.25) is 0 Å². The summed E-state index contributed by atoms with van der Waals surface area (Å²) in [6.45, 7) is 7.75. The van der Waals surface area contributed by atoms with Crippen molar-refractivity contribution in [3.05, 3.63) is 11.6 Å². The zero-order valence-electron chi connectivity index (χ0n) is 9.60. The van der Waals surface area contributed by atoms with Crippen LogP contribution in [0.25, 0.3) is 0 Å². The smallest absolute Gasteiger partial charge is 0.185 e. The van der Waals surface area contributed by atoms with Crippen LogP contribution in [0.5, 0.6) is 0 Å². The van der Waals surface area contributed by atoms with Crippen LogP contribution in [-0.4, -0.2) is 48.5 Å². The molecule has 3 nitrogen and oxygen atoms in total. The van der Waals surface area contributed by atoms with Crippen molar-refractivity contribution < 1.29 is 0 Å². The molecule has 0 bridgehead atoms. The van der Waals surface area contributed by atoms with Gasteiger partial charge in [-0.25, -0.2) is 4.98 Å². The van der Waals surface area contributed by atoms with Gasteiger partial charge in [0, 0.05) is 50.2 Å². The Balaban J connectivity index is 1.78. The van der Waals surface area contributed by atoms with Gasteiger partial charge in [-0.2, -0.15) is 0 Å². The van der Waals surface area contributed by atoms with Crippen molar-refractivity contribution >= 4 is 28.1 Å². The SMILES string of the molecule is CC(CCl)CN1CCN(c2nccs2)CC1. The molecule has 16 heavy (non-hydrogen) atoms. The highest BCUT2D eigenvalue weighted by Gasteiger charge is 2.19. The summed E-state index contributed by atoms with van der Waals surface area (Å²) in [4.78, 5) is 9.21. The Morgan fingerprint density at radius 1 is 1.44 bits per heavy atom. The molecule has 90 valence electrons. The second-order valence-electron chi connectivity index (χ2n) is 4.36. The predicted octanol–water partition coefficient (Wildman–Crippen LogP) is 2.14. The van der Waals surface area contributed by atoms with E-state index >= 15 is 0 Å². The number of piperazine rings is 1. The molecule has 1 aliphatic heterocycles. The molecule has 1 aliphatic rings. The van der Waals surface area contributed by atoms with Gasteiger partial charge in [0.05, 0.1) is 0 Å². The third-order valence-corrected chi connectivity index (χ3v) is 4.25. The first-order chi connectivity index (χ1) is 7.79. The van der Waals surface area contributed by atoms with E-state index in [4.69, 9.17) is 11.6 Å². The molecule has 5 heteroatoms. The lowest BCUT2D eigenvalue weighted by Crippen LogP contribution is -2.47. The van der Waals surface area contributed by atoms with Gasteiger partial charge in [0.25, 0.3) is 0 Å². The topological polar surface area (TPSA) is 19.4 Å². The number of hydrogen-bond acceptors (Lipinski definition) is 4. The molecular formula is C11H18ClN3S. The van der Waals surface area contributed by atoms with Crippen molar-refractivity contribution in [2.45, 2.75) is 6.92 Å². The number of anilines is 1. The van der Waals surface area contributed by atoms with Crippen LogP contribution >= 0.6 is 22.9 Å². The highest BCUT2D eigenvalue weighted by Crippen LogP contribution is 2.19.